The second-order valence-corrected chi connectivity index (χ2v) is 6.02. The molecule has 0 saturated heterocycles. The predicted molar refractivity (Wildman–Crippen MR) is 97.2 cm³/mol. The second kappa shape index (κ2) is 8.34. The third-order valence-electron chi connectivity index (χ3n) is 3.01. The molecule has 0 aliphatic heterocycles. The Balaban J connectivity index is 1.81. The number of ether oxygens (including phenoxy) is 1. The first-order valence-corrected chi connectivity index (χ1v) is 7.97. The third-order valence-corrected chi connectivity index (χ3v) is 3.95. The van der Waals surface area contributed by atoms with Crippen LogP contribution in [0.3, 0.4) is 0 Å². The number of anilines is 1. The molecule has 0 amide bonds. The van der Waals surface area contributed by atoms with Gasteiger partial charge in [-0.05, 0) is 48.6 Å². The first-order chi connectivity index (χ1) is 11.0. The van der Waals surface area contributed by atoms with Crippen LogP contribution in [0.5, 0.6) is 5.75 Å². The van der Waals surface area contributed by atoms with Crippen molar-refractivity contribution in [3.05, 3.63) is 58.3 Å². The van der Waals surface area contributed by atoms with Crippen LogP contribution in [0.4, 0.5) is 10.1 Å². The van der Waals surface area contributed by atoms with Crippen molar-refractivity contribution in [1.82, 2.24) is 4.90 Å². The van der Waals surface area contributed by atoms with Gasteiger partial charge in [-0.1, -0.05) is 29.3 Å². The Kier molecular flexibility index (Phi) is 6.45. The zero-order chi connectivity index (χ0) is 16.8. The van der Waals surface area contributed by atoms with Crippen molar-refractivity contribution in [1.29, 1.82) is 0 Å². The summed E-state index contributed by atoms with van der Waals surface area (Å²) in [5, 5.41) is 4.16. The van der Waals surface area contributed by atoms with Crippen molar-refractivity contribution in [2.75, 3.05) is 25.5 Å². The molecule has 0 spiro atoms. The fraction of sp³-hybridized carbons (Fsp3) is 0.188. The first kappa shape index (κ1) is 17.8. The summed E-state index contributed by atoms with van der Waals surface area (Å²) in [6, 6.07) is 11.5. The molecule has 1 N–H and O–H groups in total. The predicted octanol–water partition coefficient (Wildman–Crippen LogP) is 4.84. The van der Waals surface area contributed by atoms with Crippen LogP contribution in [-0.4, -0.2) is 30.2 Å². The molecular weight excluding hydrogens is 358 g/mol. The van der Waals surface area contributed by atoms with E-state index in [0.717, 1.165) is 0 Å². The van der Waals surface area contributed by atoms with E-state index in [2.05, 4.69) is 5.32 Å². The molecule has 2 aromatic carbocycles. The lowest BCUT2D eigenvalue weighted by atomic mass is 10.3. The van der Waals surface area contributed by atoms with Gasteiger partial charge >= 0.3 is 0 Å². The number of thiocarbonyl (C=S) groups is 1. The molecule has 0 aliphatic carbocycles. The minimum absolute atomic E-state index is 0.0461. The molecule has 2 aromatic rings. The number of rotatable bonds is 5. The molecule has 0 fully saturated rings. The summed E-state index contributed by atoms with van der Waals surface area (Å²) in [6.45, 7) is 1.02. The monoisotopic (exact) mass is 372 g/mol. The fourth-order valence-corrected chi connectivity index (χ4v) is 2.32. The van der Waals surface area contributed by atoms with Crippen LogP contribution in [0.15, 0.2) is 42.5 Å². The lowest BCUT2D eigenvalue weighted by Crippen LogP contribution is -2.34. The van der Waals surface area contributed by atoms with Gasteiger partial charge in [-0.25, -0.2) is 4.39 Å². The molecule has 7 heteroatoms. The van der Waals surface area contributed by atoms with Gasteiger partial charge in [0.25, 0.3) is 0 Å². The van der Waals surface area contributed by atoms with Gasteiger partial charge < -0.3 is 15.0 Å². The average molecular weight is 373 g/mol. The Morgan fingerprint density at radius 2 is 2.04 bits per heavy atom. The van der Waals surface area contributed by atoms with E-state index in [-0.39, 0.29) is 5.02 Å². The van der Waals surface area contributed by atoms with Crippen LogP contribution in [0.1, 0.15) is 0 Å². The maximum atomic E-state index is 13.1. The van der Waals surface area contributed by atoms with Crippen LogP contribution in [0.25, 0.3) is 0 Å². The zero-order valence-electron chi connectivity index (χ0n) is 12.4. The molecule has 0 saturated carbocycles. The number of benzene rings is 2. The minimum Gasteiger partial charge on any atom is -0.492 e. The van der Waals surface area contributed by atoms with Crippen LogP contribution < -0.4 is 10.1 Å². The van der Waals surface area contributed by atoms with Crippen molar-refractivity contribution in [3.63, 3.8) is 0 Å². The molecule has 0 unspecified atom stereocenters. The summed E-state index contributed by atoms with van der Waals surface area (Å²) >= 11 is 16.9. The molecule has 0 radical (unpaired) electrons. The second-order valence-electron chi connectivity index (χ2n) is 4.79. The van der Waals surface area contributed by atoms with Gasteiger partial charge in [0.05, 0.1) is 11.6 Å². The summed E-state index contributed by atoms with van der Waals surface area (Å²) in [5.74, 6) is 0.238. The topological polar surface area (TPSA) is 24.5 Å². The van der Waals surface area contributed by atoms with Crippen LogP contribution in [0.2, 0.25) is 10.0 Å². The number of halogens is 3. The molecule has 0 aromatic heterocycles. The summed E-state index contributed by atoms with van der Waals surface area (Å²) in [6.07, 6.45) is 0. The molecule has 3 nitrogen and oxygen atoms in total. The highest BCUT2D eigenvalue weighted by molar-refractivity contribution is 7.80. The Morgan fingerprint density at radius 3 is 2.74 bits per heavy atom. The highest BCUT2D eigenvalue weighted by atomic mass is 35.5. The Hall–Kier alpha value is -1.56. The Labute approximate surface area is 150 Å². The van der Waals surface area contributed by atoms with E-state index in [1.807, 2.05) is 24.1 Å². The van der Waals surface area contributed by atoms with E-state index >= 15 is 0 Å². The van der Waals surface area contributed by atoms with Crippen LogP contribution in [-0.2, 0) is 0 Å². The SMILES string of the molecule is CN(CCOc1cccc(Cl)c1)C(=S)Nc1ccc(F)c(Cl)c1. The van der Waals surface area contributed by atoms with E-state index in [0.29, 0.717) is 34.7 Å². The Bertz CT molecular complexity index is 700. The standard InChI is InChI=1S/C16H15Cl2FN2OS/c1-21(7-8-22-13-4-2-3-11(17)9-13)16(23)20-12-5-6-15(19)14(18)10-12/h2-6,9-10H,7-8H2,1H3,(H,20,23). The van der Waals surface area contributed by atoms with E-state index in [4.69, 9.17) is 40.2 Å². The molecule has 122 valence electrons. The highest BCUT2D eigenvalue weighted by Gasteiger charge is 2.07. The van der Waals surface area contributed by atoms with Crippen molar-refractivity contribution in [2.45, 2.75) is 0 Å². The van der Waals surface area contributed by atoms with Gasteiger partial charge in [0.1, 0.15) is 18.2 Å². The fourth-order valence-electron chi connectivity index (χ4n) is 1.75. The number of likely N-dealkylation sites (N-methyl/N-ethyl adjacent to an activating group) is 1. The third kappa shape index (κ3) is 5.53. The summed E-state index contributed by atoms with van der Waals surface area (Å²) in [7, 11) is 1.84. The Morgan fingerprint density at radius 1 is 1.26 bits per heavy atom. The smallest absolute Gasteiger partial charge is 0.173 e. The summed E-state index contributed by atoms with van der Waals surface area (Å²) in [5.41, 5.74) is 0.629. The molecule has 0 atom stereocenters. The molecular formula is C16H15Cl2FN2OS. The molecule has 2 rings (SSSR count). The van der Waals surface area contributed by atoms with E-state index in [9.17, 15) is 4.39 Å². The van der Waals surface area contributed by atoms with Crippen LogP contribution in [0, 0.1) is 5.82 Å². The van der Waals surface area contributed by atoms with E-state index in [1.54, 1.807) is 18.2 Å². The van der Waals surface area contributed by atoms with Gasteiger partial charge in [0.2, 0.25) is 0 Å². The van der Waals surface area contributed by atoms with Crippen molar-refractivity contribution < 1.29 is 9.13 Å². The van der Waals surface area contributed by atoms with Crippen LogP contribution >= 0.6 is 35.4 Å². The number of hydrogen-bond donors (Lipinski definition) is 1. The maximum Gasteiger partial charge on any atom is 0.173 e. The van der Waals surface area contributed by atoms with Gasteiger partial charge in [-0.15, -0.1) is 0 Å². The molecule has 0 aliphatic rings. The normalized spacial score (nSPS) is 10.3. The minimum atomic E-state index is -0.466. The molecule has 0 heterocycles. The van der Waals surface area contributed by atoms with Gasteiger partial charge in [-0.2, -0.15) is 0 Å². The highest BCUT2D eigenvalue weighted by Crippen LogP contribution is 2.20. The van der Waals surface area contributed by atoms with Crippen molar-refractivity contribution in [2.24, 2.45) is 0 Å². The lowest BCUT2D eigenvalue weighted by Gasteiger charge is -2.21. The van der Waals surface area contributed by atoms with Gasteiger partial charge in [0.15, 0.2) is 5.11 Å². The largest absolute Gasteiger partial charge is 0.492 e. The average Bonchev–Trinajstić information content (AvgIpc) is 2.51. The zero-order valence-corrected chi connectivity index (χ0v) is 14.7. The quantitative estimate of drug-likeness (QED) is 0.758. The summed E-state index contributed by atoms with van der Waals surface area (Å²) < 4.78 is 18.7. The summed E-state index contributed by atoms with van der Waals surface area (Å²) in [4.78, 5) is 1.82. The van der Waals surface area contributed by atoms with Crippen molar-refractivity contribution in [3.8, 4) is 5.75 Å². The van der Waals surface area contributed by atoms with Gasteiger partial charge in [0, 0.05) is 17.8 Å². The maximum absolute atomic E-state index is 13.1. The number of nitrogens with one attached hydrogen (secondary N) is 1. The first-order valence-electron chi connectivity index (χ1n) is 6.81. The van der Waals surface area contributed by atoms with Crippen molar-refractivity contribution >= 4 is 46.2 Å². The number of hydrogen-bond acceptors (Lipinski definition) is 2. The van der Waals surface area contributed by atoms with E-state index < -0.39 is 5.82 Å². The van der Waals surface area contributed by atoms with Gasteiger partial charge in [-0.3, -0.25) is 0 Å². The molecule has 0 bridgehead atoms. The molecule has 23 heavy (non-hydrogen) atoms. The lowest BCUT2D eigenvalue weighted by molar-refractivity contribution is 0.285. The van der Waals surface area contributed by atoms with E-state index in [1.165, 1.54) is 12.1 Å². The number of nitrogens with zero attached hydrogens (tertiary/aromatic N) is 1.